The summed E-state index contributed by atoms with van der Waals surface area (Å²) < 4.78 is 5.77. The van der Waals surface area contributed by atoms with Gasteiger partial charge in [-0.25, -0.2) is 0 Å². The quantitative estimate of drug-likeness (QED) is 0.707. The molecule has 0 spiro atoms. The van der Waals surface area contributed by atoms with Gasteiger partial charge in [-0.1, -0.05) is 12.2 Å². The highest BCUT2D eigenvalue weighted by atomic mass is 16.5. The first-order valence-electron chi connectivity index (χ1n) is 7.35. The van der Waals surface area contributed by atoms with Crippen LogP contribution in [-0.4, -0.2) is 48.6 Å². The van der Waals surface area contributed by atoms with E-state index < -0.39 is 12.1 Å². The second-order valence-electron chi connectivity index (χ2n) is 5.54. The maximum absolute atomic E-state index is 11.1. The van der Waals surface area contributed by atoms with Crippen LogP contribution in [0.15, 0.2) is 28.8 Å². The lowest BCUT2D eigenvalue weighted by molar-refractivity contribution is -0.121. The van der Waals surface area contributed by atoms with Gasteiger partial charge in [0.1, 0.15) is 20.5 Å². The average Bonchev–Trinajstić information content (AvgIpc) is 3.20. The molecule has 3 N–H and O–H groups in total. The van der Waals surface area contributed by atoms with Crippen molar-refractivity contribution in [1.29, 1.82) is 0 Å². The van der Waals surface area contributed by atoms with Crippen LogP contribution in [0.25, 0.3) is 0 Å². The van der Waals surface area contributed by atoms with Gasteiger partial charge in [0.15, 0.2) is 6.23 Å². The molecule has 0 aromatic heterocycles. The van der Waals surface area contributed by atoms with Gasteiger partial charge in [0, 0.05) is 6.42 Å². The zero-order valence-electron chi connectivity index (χ0n) is 12.4. The van der Waals surface area contributed by atoms with Crippen LogP contribution in [0.4, 0.5) is 0 Å². The van der Waals surface area contributed by atoms with Crippen molar-refractivity contribution in [2.75, 3.05) is 6.54 Å². The number of aliphatic hydroxyl groups excluding tert-OH is 1. The minimum atomic E-state index is -1.00. The van der Waals surface area contributed by atoms with Crippen LogP contribution in [0, 0.1) is 0 Å². The summed E-state index contributed by atoms with van der Waals surface area (Å²) in [4.78, 5) is 11.1. The van der Waals surface area contributed by atoms with E-state index in [1.165, 1.54) is 10.5 Å². The number of hydrazone groups is 1. The summed E-state index contributed by atoms with van der Waals surface area (Å²) in [5.74, 6) is 0.0273. The van der Waals surface area contributed by atoms with E-state index in [1.807, 2.05) is 13.9 Å². The average molecular weight is 291 g/mol. The van der Waals surface area contributed by atoms with Gasteiger partial charge >= 0.3 is 0 Å². The van der Waals surface area contributed by atoms with Crippen LogP contribution in [0.2, 0.25) is 0 Å². The standard InChI is InChI=1S/C14H22BN3O3/c15-10-3-1-5-13(21-11-7-8-11)17-18(9-12(16)19)14(20)6-2-4-10/h2,4,6,11,14,20H,1,3,5,7-9,15H2,(H2,16,19)/b6-2+,10-4+,17-13+/t14-/m0/s1. The molecule has 0 unspecified atom stereocenters. The molecule has 21 heavy (non-hydrogen) atoms. The number of carbonyl (C=O) groups is 1. The molecule has 2 aliphatic rings. The molecule has 6 nitrogen and oxygen atoms in total. The Morgan fingerprint density at radius 3 is 2.95 bits per heavy atom. The third-order valence-electron chi connectivity index (χ3n) is 3.32. The summed E-state index contributed by atoms with van der Waals surface area (Å²) in [6, 6.07) is 0. The predicted octanol–water partition coefficient (Wildman–Crippen LogP) is -0.158. The molecule has 7 heteroatoms. The van der Waals surface area contributed by atoms with Crippen molar-refractivity contribution in [3.63, 3.8) is 0 Å². The van der Waals surface area contributed by atoms with Gasteiger partial charge < -0.3 is 15.6 Å². The number of ether oxygens (including phenoxy) is 1. The zero-order chi connectivity index (χ0) is 15.2. The molecule has 0 bridgehead atoms. The number of amides is 1. The molecule has 1 fully saturated rings. The summed E-state index contributed by atoms with van der Waals surface area (Å²) in [6.45, 7) is -0.147. The van der Waals surface area contributed by atoms with Crippen LogP contribution >= 0.6 is 0 Å². The largest absolute Gasteiger partial charge is 0.476 e. The van der Waals surface area contributed by atoms with Crippen molar-refractivity contribution >= 4 is 19.7 Å². The van der Waals surface area contributed by atoms with E-state index in [0.717, 1.165) is 25.7 Å². The Morgan fingerprint density at radius 2 is 2.29 bits per heavy atom. The number of nitrogens with two attached hydrogens (primary N) is 1. The Balaban J connectivity index is 2.18. The number of hydrogen-bond donors (Lipinski definition) is 2. The fourth-order valence-electron chi connectivity index (χ4n) is 2.02. The van der Waals surface area contributed by atoms with Gasteiger partial charge in [-0.3, -0.25) is 9.80 Å². The van der Waals surface area contributed by atoms with E-state index >= 15 is 0 Å². The van der Waals surface area contributed by atoms with Crippen molar-refractivity contribution in [1.82, 2.24) is 5.01 Å². The highest BCUT2D eigenvalue weighted by Gasteiger charge is 2.26. The number of nitrogens with zero attached hydrogens (tertiary/aromatic N) is 2. The fourth-order valence-corrected chi connectivity index (χ4v) is 2.02. The number of aliphatic hydroxyl groups is 1. The maximum Gasteiger partial charge on any atom is 0.238 e. The molecule has 1 aliphatic heterocycles. The third-order valence-corrected chi connectivity index (χ3v) is 3.32. The zero-order valence-corrected chi connectivity index (χ0v) is 12.4. The number of rotatable bonds is 3. The molecule has 1 heterocycles. The minimum absolute atomic E-state index is 0.147. The first kappa shape index (κ1) is 15.6. The Kier molecular flexibility index (Phi) is 5.44. The summed E-state index contributed by atoms with van der Waals surface area (Å²) in [5.41, 5.74) is 6.45. The number of carbonyl (C=O) groups excluding carboxylic acids is 1. The van der Waals surface area contributed by atoms with Crippen LogP contribution in [0.5, 0.6) is 0 Å². The SMILES string of the molecule is B/C1=C/C=C/[C@H](O)N(CC(N)=O)/N=C(/OC2CC2)CCC1. The smallest absolute Gasteiger partial charge is 0.238 e. The lowest BCUT2D eigenvalue weighted by atomic mass is 9.90. The monoisotopic (exact) mass is 291 g/mol. The molecule has 0 aromatic carbocycles. The normalized spacial score (nSPS) is 30.3. The first-order valence-corrected chi connectivity index (χ1v) is 7.35. The summed E-state index contributed by atoms with van der Waals surface area (Å²) >= 11 is 0. The molecule has 0 radical (unpaired) electrons. The van der Waals surface area contributed by atoms with Gasteiger partial charge in [-0.15, -0.1) is 10.6 Å². The second kappa shape index (κ2) is 7.31. The maximum atomic E-state index is 11.1. The molecule has 1 saturated carbocycles. The van der Waals surface area contributed by atoms with Crippen molar-refractivity contribution in [2.24, 2.45) is 10.8 Å². The fraction of sp³-hybridized carbons (Fsp3) is 0.571. The highest BCUT2D eigenvalue weighted by molar-refractivity contribution is 6.21. The lowest BCUT2D eigenvalue weighted by Crippen LogP contribution is -2.37. The number of hydrogen-bond acceptors (Lipinski definition) is 5. The van der Waals surface area contributed by atoms with E-state index in [4.69, 9.17) is 10.5 Å². The number of primary amides is 1. The Bertz CT molecular complexity index is 472. The van der Waals surface area contributed by atoms with Gasteiger partial charge in [0.25, 0.3) is 0 Å². The molecular formula is C14H22BN3O3. The van der Waals surface area contributed by atoms with E-state index in [0.29, 0.717) is 12.3 Å². The highest BCUT2D eigenvalue weighted by Crippen LogP contribution is 2.25. The van der Waals surface area contributed by atoms with E-state index in [2.05, 4.69) is 5.10 Å². The van der Waals surface area contributed by atoms with Crippen molar-refractivity contribution in [2.45, 2.75) is 44.4 Å². The third kappa shape index (κ3) is 5.63. The van der Waals surface area contributed by atoms with Gasteiger partial charge in [-0.05, 0) is 31.8 Å². The topological polar surface area (TPSA) is 88.2 Å². The molecule has 1 atom stereocenters. The van der Waals surface area contributed by atoms with Crippen LogP contribution in [-0.2, 0) is 9.53 Å². The molecule has 0 aromatic rings. The van der Waals surface area contributed by atoms with Crippen molar-refractivity contribution in [3.05, 3.63) is 23.7 Å². The van der Waals surface area contributed by atoms with Crippen LogP contribution in [0.1, 0.15) is 32.1 Å². The Morgan fingerprint density at radius 1 is 1.52 bits per heavy atom. The molecule has 114 valence electrons. The number of allylic oxidation sites excluding steroid dienone is 3. The summed E-state index contributed by atoms with van der Waals surface area (Å²) in [7, 11) is 2.05. The van der Waals surface area contributed by atoms with E-state index in [9.17, 15) is 9.90 Å². The molecule has 1 amide bonds. The Hall–Kier alpha value is -1.76. The Labute approximate surface area is 125 Å². The van der Waals surface area contributed by atoms with E-state index in [-0.39, 0.29) is 12.6 Å². The molecule has 0 saturated heterocycles. The summed E-state index contributed by atoms with van der Waals surface area (Å²) in [5, 5.41) is 15.7. The van der Waals surface area contributed by atoms with Gasteiger partial charge in [-0.2, -0.15) is 0 Å². The summed E-state index contributed by atoms with van der Waals surface area (Å²) in [6.07, 6.45) is 9.16. The van der Waals surface area contributed by atoms with Crippen LogP contribution in [0.3, 0.4) is 0 Å². The lowest BCUT2D eigenvalue weighted by Gasteiger charge is -2.22. The predicted molar refractivity (Wildman–Crippen MR) is 83.1 cm³/mol. The van der Waals surface area contributed by atoms with E-state index in [1.54, 1.807) is 12.2 Å². The second-order valence-corrected chi connectivity index (χ2v) is 5.54. The molecule has 1 aliphatic carbocycles. The minimum Gasteiger partial charge on any atom is -0.476 e. The van der Waals surface area contributed by atoms with Crippen LogP contribution < -0.4 is 5.73 Å². The molecular weight excluding hydrogens is 269 g/mol. The molecule has 2 rings (SSSR count). The van der Waals surface area contributed by atoms with Gasteiger partial charge in [0.2, 0.25) is 11.8 Å². The van der Waals surface area contributed by atoms with Crippen molar-refractivity contribution < 1.29 is 14.6 Å². The first-order chi connectivity index (χ1) is 10.0. The van der Waals surface area contributed by atoms with Crippen molar-refractivity contribution in [3.8, 4) is 0 Å². The van der Waals surface area contributed by atoms with Gasteiger partial charge in [0.05, 0.1) is 0 Å².